The van der Waals surface area contributed by atoms with E-state index in [0.29, 0.717) is 18.0 Å². The Hall–Kier alpha value is -4.26. The third kappa shape index (κ3) is 4.59. The molecule has 2 aromatic heterocycles. The number of thiophene rings is 1. The number of esters is 1. The molecule has 1 aliphatic heterocycles. The van der Waals surface area contributed by atoms with Crippen molar-refractivity contribution < 1.29 is 18.7 Å². The minimum absolute atomic E-state index is 0.145. The maximum absolute atomic E-state index is 14.7. The van der Waals surface area contributed by atoms with Gasteiger partial charge in [0.2, 0.25) is 0 Å². The fourth-order valence-corrected chi connectivity index (χ4v) is 6.76. The number of anilines is 1. The summed E-state index contributed by atoms with van der Waals surface area (Å²) in [4.78, 5) is 15.6. The molecule has 3 heterocycles. The molecule has 6 rings (SSSR count). The van der Waals surface area contributed by atoms with Gasteiger partial charge in [-0.3, -0.25) is 8.77 Å². The Morgan fingerprint density at radius 3 is 2.60 bits per heavy atom. The second-order valence-corrected chi connectivity index (χ2v) is 11.3. The first-order chi connectivity index (χ1) is 19.5. The summed E-state index contributed by atoms with van der Waals surface area (Å²) in [6.45, 7) is 1.17. The molecule has 0 N–H and O–H groups in total. The number of halogens is 1. The zero-order valence-corrected chi connectivity index (χ0v) is 23.4. The van der Waals surface area contributed by atoms with Gasteiger partial charge in [0.1, 0.15) is 22.5 Å². The Balaban J connectivity index is 1.55. The predicted molar refractivity (Wildman–Crippen MR) is 157 cm³/mol. The van der Waals surface area contributed by atoms with E-state index in [-0.39, 0.29) is 17.7 Å². The van der Waals surface area contributed by atoms with Crippen molar-refractivity contribution in [1.29, 1.82) is 5.26 Å². The van der Waals surface area contributed by atoms with E-state index < -0.39 is 0 Å². The molecule has 6 nitrogen and oxygen atoms in total. The molecular weight excluding hydrogens is 545 g/mol. The number of carbonyl (C=O) groups excluding carboxylic acids is 1. The molecule has 3 aromatic carbocycles. The van der Waals surface area contributed by atoms with Crippen LogP contribution in [-0.4, -0.2) is 37.3 Å². The van der Waals surface area contributed by atoms with Crippen LogP contribution in [-0.2, 0) is 9.53 Å². The van der Waals surface area contributed by atoms with E-state index in [1.54, 1.807) is 13.2 Å². The standard InChI is InChI=1S/C31H24FN3O3S2/c1-37-23-7-9-24(10-8-23)40-35-27-11-6-21(32)15-26(27)29(25-12-13-39-28(25)16-33)30(35)19-4-3-5-22(14-19)34-17-20(18-34)31(36)38-2/h3-15,20H,17-18H2,1-2H3. The van der Waals surface area contributed by atoms with Crippen LogP contribution in [0, 0.1) is 23.1 Å². The van der Waals surface area contributed by atoms with Gasteiger partial charge in [0.05, 0.1) is 31.3 Å². The second-order valence-electron chi connectivity index (χ2n) is 9.40. The lowest BCUT2D eigenvalue weighted by atomic mass is 9.96. The minimum atomic E-state index is -0.344. The van der Waals surface area contributed by atoms with Crippen LogP contribution >= 0.6 is 23.3 Å². The van der Waals surface area contributed by atoms with Crippen molar-refractivity contribution in [3.63, 3.8) is 0 Å². The molecule has 1 saturated heterocycles. The molecule has 40 heavy (non-hydrogen) atoms. The van der Waals surface area contributed by atoms with Crippen LogP contribution in [0.4, 0.5) is 10.1 Å². The van der Waals surface area contributed by atoms with Crippen LogP contribution in [0.3, 0.4) is 0 Å². The van der Waals surface area contributed by atoms with Gasteiger partial charge < -0.3 is 14.4 Å². The van der Waals surface area contributed by atoms with E-state index in [0.717, 1.165) is 49.6 Å². The second kappa shape index (κ2) is 10.7. The van der Waals surface area contributed by atoms with Crippen molar-refractivity contribution in [2.24, 2.45) is 5.92 Å². The molecular formula is C31H24FN3O3S2. The highest BCUT2D eigenvalue weighted by atomic mass is 32.2. The molecule has 1 aliphatic rings. The number of rotatable bonds is 7. The van der Waals surface area contributed by atoms with Gasteiger partial charge in [-0.15, -0.1) is 11.3 Å². The highest BCUT2D eigenvalue weighted by Crippen LogP contribution is 2.47. The van der Waals surface area contributed by atoms with Gasteiger partial charge in [-0.25, -0.2) is 4.39 Å². The summed E-state index contributed by atoms with van der Waals surface area (Å²) in [5.74, 6) is 0.0699. The van der Waals surface area contributed by atoms with E-state index in [4.69, 9.17) is 9.47 Å². The predicted octanol–water partition coefficient (Wildman–Crippen LogP) is 7.22. The number of nitriles is 1. The molecule has 0 aliphatic carbocycles. The number of fused-ring (bicyclic) bond motifs is 1. The van der Waals surface area contributed by atoms with E-state index in [2.05, 4.69) is 21.0 Å². The topological polar surface area (TPSA) is 67.5 Å². The molecule has 0 amide bonds. The first-order valence-electron chi connectivity index (χ1n) is 12.6. The molecule has 1 fully saturated rings. The number of benzene rings is 3. The van der Waals surface area contributed by atoms with Crippen LogP contribution < -0.4 is 9.64 Å². The summed E-state index contributed by atoms with van der Waals surface area (Å²) in [6, 6.07) is 24.9. The fourth-order valence-electron chi connectivity index (χ4n) is 5.05. The van der Waals surface area contributed by atoms with Crippen molar-refractivity contribution in [1.82, 2.24) is 3.97 Å². The highest BCUT2D eigenvalue weighted by Gasteiger charge is 2.34. The van der Waals surface area contributed by atoms with Crippen molar-refractivity contribution in [2.45, 2.75) is 4.90 Å². The zero-order chi connectivity index (χ0) is 27.8. The van der Waals surface area contributed by atoms with Crippen molar-refractivity contribution in [2.75, 3.05) is 32.2 Å². The van der Waals surface area contributed by atoms with Gasteiger partial charge in [0.25, 0.3) is 0 Å². The molecule has 0 radical (unpaired) electrons. The molecule has 5 aromatic rings. The summed E-state index contributed by atoms with van der Waals surface area (Å²) < 4.78 is 27.1. The fraction of sp³-hybridized carbons (Fsp3) is 0.161. The SMILES string of the molecule is COC(=O)C1CN(c2cccc(-c3c(-c4ccsc4C#N)c4cc(F)ccc4n3Sc3ccc(OC)cc3)c2)C1. The quantitative estimate of drug-likeness (QED) is 0.193. The molecule has 0 saturated carbocycles. The number of hydrogen-bond donors (Lipinski definition) is 0. The highest BCUT2D eigenvalue weighted by molar-refractivity contribution is 7.98. The summed E-state index contributed by atoms with van der Waals surface area (Å²) in [5, 5.41) is 12.5. The lowest BCUT2D eigenvalue weighted by Crippen LogP contribution is -2.50. The monoisotopic (exact) mass is 569 g/mol. The smallest absolute Gasteiger partial charge is 0.312 e. The van der Waals surface area contributed by atoms with Crippen LogP contribution in [0.5, 0.6) is 5.75 Å². The maximum atomic E-state index is 14.7. The van der Waals surface area contributed by atoms with Crippen LogP contribution in [0.25, 0.3) is 33.3 Å². The molecule has 0 spiro atoms. The number of methoxy groups -OCH3 is 2. The van der Waals surface area contributed by atoms with Gasteiger partial charge in [-0.05, 0) is 78.0 Å². The van der Waals surface area contributed by atoms with E-state index in [1.807, 2.05) is 53.9 Å². The first-order valence-corrected chi connectivity index (χ1v) is 14.2. The molecule has 9 heteroatoms. The number of nitrogens with zero attached hydrogens (tertiary/aromatic N) is 3. The Labute approximate surface area is 239 Å². The van der Waals surface area contributed by atoms with Crippen LogP contribution in [0.15, 0.2) is 83.1 Å². The van der Waals surface area contributed by atoms with Crippen LogP contribution in [0.2, 0.25) is 0 Å². The third-order valence-corrected chi connectivity index (χ3v) is 8.94. The van der Waals surface area contributed by atoms with Crippen molar-refractivity contribution >= 4 is 45.8 Å². The molecule has 0 atom stereocenters. The minimum Gasteiger partial charge on any atom is -0.497 e. The lowest BCUT2D eigenvalue weighted by molar-refractivity contribution is -0.146. The van der Waals surface area contributed by atoms with Gasteiger partial charge in [-0.2, -0.15) is 5.26 Å². The van der Waals surface area contributed by atoms with Crippen molar-refractivity contribution in [3.8, 4) is 34.2 Å². The largest absolute Gasteiger partial charge is 0.497 e. The van der Waals surface area contributed by atoms with E-state index in [1.165, 1.54) is 42.5 Å². The van der Waals surface area contributed by atoms with Crippen molar-refractivity contribution in [3.05, 3.63) is 88.9 Å². The van der Waals surface area contributed by atoms with Crippen LogP contribution in [0.1, 0.15) is 4.88 Å². The van der Waals surface area contributed by atoms with Gasteiger partial charge in [0, 0.05) is 45.7 Å². The maximum Gasteiger partial charge on any atom is 0.312 e. The first kappa shape index (κ1) is 26.0. The Kier molecular flexibility index (Phi) is 6.96. The summed E-state index contributed by atoms with van der Waals surface area (Å²) in [7, 11) is 3.04. The average Bonchev–Trinajstić information content (AvgIpc) is 3.54. The molecule has 200 valence electrons. The van der Waals surface area contributed by atoms with E-state index >= 15 is 0 Å². The Bertz CT molecular complexity index is 1770. The van der Waals surface area contributed by atoms with E-state index in [9.17, 15) is 14.4 Å². The number of carbonyl (C=O) groups is 1. The number of aromatic nitrogens is 1. The Morgan fingerprint density at radius 1 is 1.07 bits per heavy atom. The summed E-state index contributed by atoms with van der Waals surface area (Å²) >= 11 is 2.89. The van der Waals surface area contributed by atoms with Gasteiger partial charge in [0.15, 0.2) is 0 Å². The zero-order valence-electron chi connectivity index (χ0n) is 21.8. The normalized spacial score (nSPS) is 13.2. The summed E-state index contributed by atoms with van der Waals surface area (Å²) in [5.41, 5.74) is 5.17. The Morgan fingerprint density at radius 2 is 1.88 bits per heavy atom. The average molecular weight is 570 g/mol. The van der Waals surface area contributed by atoms with Gasteiger partial charge >= 0.3 is 5.97 Å². The molecule has 0 unspecified atom stereocenters. The lowest BCUT2D eigenvalue weighted by Gasteiger charge is -2.39. The summed E-state index contributed by atoms with van der Waals surface area (Å²) in [6.07, 6.45) is 0. The van der Waals surface area contributed by atoms with Gasteiger partial charge in [-0.1, -0.05) is 12.1 Å². The number of hydrogen-bond acceptors (Lipinski definition) is 7. The molecule has 0 bridgehead atoms. The number of ether oxygens (including phenoxy) is 2. The third-order valence-electron chi connectivity index (χ3n) is 7.08.